The second kappa shape index (κ2) is 4.84. The van der Waals surface area contributed by atoms with E-state index in [0.29, 0.717) is 6.54 Å². The summed E-state index contributed by atoms with van der Waals surface area (Å²) >= 11 is 6.29. The van der Waals surface area contributed by atoms with Crippen LogP contribution in [0.2, 0.25) is 5.02 Å². The minimum atomic E-state index is -0.601. The highest BCUT2D eigenvalue weighted by molar-refractivity contribution is 6.33. The lowest BCUT2D eigenvalue weighted by molar-refractivity contribution is 0.0839. The maximum absolute atomic E-state index is 10.0. The fourth-order valence-electron chi connectivity index (χ4n) is 2.38. The lowest BCUT2D eigenvalue weighted by atomic mass is 10.1. The van der Waals surface area contributed by atoms with Crippen LogP contribution in [0.1, 0.15) is 18.9 Å². The van der Waals surface area contributed by atoms with Crippen molar-refractivity contribution in [2.75, 3.05) is 25.0 Å². The molecule has 94 valence electrons. The molecule has 17 heavy (non-hydrogen) atoms. The van der Waals surface area contributed by atoms with E-state index < -0.39 is 5.60 Å². The molecule has 1 heterocycles. The van der Waals surface area contributed by atoms with Crippen LogP contribution in [0.15, 0.2) is 18.2 Å². The Hall–Kier alpha value is -0.770. The molecule has 0 spiro atoms. The molecular weight excluding hydrogens is 236 g/mol. The first-order valence-electron chi connectivity index (χ1n) is 5.93. The summed E-state index contributed by atoms with van der Waals surface area (Å²) in [6, 6.07) is 5.94. The smallest absolute Gasteiger partial charge is 0.0810 e. The van der Waals surface area contributed by atoms with Crippen LogP contribution in [0, 0.1) is 0 Å². The summed E-state index contributed by atoms with van der Waals surface area (Å²) in [5.74, 6) is 0. The predicted molar refractivity (Wildman–Crippen MR) is 71.7 cm³/mol. The van der Waals surface area contributed by atoms with E-state index in [1.807, 2.05) is 26.1 Å². The van der Waals surface area contributed by atoms with Gasteiger partial charge in [-0.15, -0.1) is 0 Å². The van der Waals surface area contributed by atoms with E-state index in [4.69, 9.17) is 11.6 Å². The van der Waals surface area contributed by atoms with Crippen LogP contribution in [0.25, 0.3) is 0 Å². The first-order valence-corrected chi connectivity index (χ1v) is 6.30. The number of hydrogen-bond acceptors (Lipinski definition) is 3. The summed E-state index contributed by atoms with van der Waals surface area (Å²) in [7, 11) is 1.92. The highest BCUT2D eigenvalue weighted by Gasteiger charge is 2.32. The Morgan fingerprint density at radius 2 is 2.29 bits per heavy atom. The molecule has 0 saturated carbocycles. The minimum Gasteiger partial charge on any atom is -0.388 e. The number of halogens is 1. The summed E-state index contributed by atoms with van der Waals surface area (Å²) in [6.07, 6.45) is 0.789. The van der Waals surface area contributed by atoms with Crippen LogP contribution in [-0.4, -0.2) is 30.8 Å². The lowest BCUT2D eigenvalue weighted by Crippen LogP contribution is -2.30. The molecule has 0 bridgehead atoms. The molecule has 1 aliphatic heterocycles. The molecule has 0 radical (unpaired) electrons. The second-order valence-electron chi connectivity index (χ2n) is 4.95. The number of rotatable bonds is 3. The van der Waals surface area contributed by atoms with Crippen molar-refractivity contribution in [3.63, 3.8) is 0 Å². The van der Waals surface area contributed by atoms with Gasteiger partial charge >= 0.3 is 0 Å². The van der Waals surface area contributed by atoms with Gasteiger partial charge in [-0.2, -0.15) is 0 Å². The zero-order chi connectivity index (χ0) is 12.5. The molecule has 1 aromatic carbocycles. The predicted octanol–water partition coefficient (Wildman–Crippen LogP) is 2.02. The van der Waals surface area contributed by atoms with Crippen LogP contribution >= 0.6 is 11.6 Å². The Kier molecular flexibility index (Phi) is 3.61. The topological polar surface area (TPSA) is 35.5 Å². The van der Waals surface area contributed by atoms with Gasteiger partial charge in [-0.05, 0) is 32.0 Å². The van der Waals surface area contributed by atoms with Gasteiger partial charge in [-0.25, -0.2) is 0 Å². The zero-order valence-electron chi connectivity index (χ0n) is 10.3. The third-order valence-corrected chi connectivity index (χ3v) is 3.51. The van der Waals surface area contributed by atoms with Gasteiger partial charge in [0, 0.05) is 19.6 Å². The Balaban J connectivity index is 2.31. The van der Waals surface area contributed by atoms with Crippen LogP contribution in [-0.2, 0) is 6.54 Å². The Bertz CT molecular complexity index is 406. The van der Waals surface area contributed by atoms with E-state index in [-0.39, 0.29) is 0 Å². The first-order chi connectivity index (χ1) is 8.03. The fraction of sp³-hybridized carbons (Fsp3) is 0.538. The van der Waals surface area contributed by atoms with Crippen molar-refractivity contribution in [3.8, 4) is 0 Å². The molecule has 1 atom stereocenters. The van der Waals surface area contributed by atoms with Gasteiger partial charge in [0.15, 0.2) is 0 Å². The van der Waals surface area contributed by atoms with Gasteiger partial charge in [0.2, 0.25) is 0 Å². The Labute approximate surface area is 107 Å². The summed E-state index contributed by atoms with van der Waals surface area (Å²) in [6.45, 7) is 4.16. The number of aliphatic hydroxyl groups is 1. The standard InChI is InChI=1S/C13H19ClN2O/c1-13(17)6-7-16(9-13)12-10(8-15-2)4-3-5-11(12)14/h3-5,15,17H,6-9H2,1-2H3. The van der Waals surface area contributed by atoms with E-state index in [1.165, 1.54) is 5.56 Å². The van der Waals surface area contributed by atoms with Gasteiger partial charge in [-0.1, -0.05) is 23.7 Å². The van der Waals surface area contributed by atoms with Crippen LogP contribution in [0.5, 0.6) is 0 Å². The zero-order valence-corrected chi connectivity index (χ0v) is 11.1. The third-order valence-electron chi connectivity index (χ3n) is 3.21. The molecule has 0 aliphatic carbocycles. The van der Waals surface area contributed by atoms with Gasteiger partial charge in [-0.3, -0.25) is 0 Å². The molecule has 2 N–H and O–H groups in total. The third kappa shape index (κ3) is 2.73. The fourth-order valence-corrected chi connectivity index (χ4v) is 2.70. The highest BCUT2D eigenvalue weighted by atomic mass is 35.5. The van der Waals surface area contributed by atoms with Crippen molar-refractivity contribution in [2.24, 2.45) is 0 Å². The van der Waals surface area contributed by atoms with Crippen LogP contribution < -0.4 is 10.2 Å². The van der Waals surface area contributed by atoms with E-state index >= 15 is 0 Å². The molecule has 1 unspecified atom stereocenters. The molecule has 1 aliphatic rings. The maximum Gasteiger partial charge on any atom is 0.0810 e. The lowest BCUT2D eigenvalue weighted by Gasteiger charge is -2.24. The summed E-state index contributed by atoms with van der Waals surface area (Å²) < 4.78 is 0. The normalized spacial score (nSPS) is 24.4. The SMILES string of the molecule is CNCc1cccc(Cl)c1N1CCC(C)(O)C1. The van der Waals surface area contributed by atoms with Crippen LogP contribution in [0.3, 0.4) is 0 Å². The number of nitrogens with zero attached hydrogens (tertiary/aromatic N) is 1. The highest BCUT2D eigenvalue weighted by Crippen LogP contribution is 2.34. The van der Waals surface area contributed by atoms with Crippen molar-refractivity contribution in [1.82, 2.24) is 5.32 Å². The average Bonchev–Trinajstić information content (AvgIpc) is 2.59. The number of β-amino-alcohol motifs (C(OH)–C–C–N with tert-alkyl or cyclic N) is 1. The average molecular weight is 255 g/mol. The van der Waals surface area contributed by atoms with Crippen molar-refractivity contribution in [3.05, 3.63) is 28.8 Å². The van der Waals surface area contributed by atoms with Gasteiger partial charge in [0.1, 0.15) is 0 Å². The van der Waals surface area contributed by atoms with Gasteiger partial charge in [0.05, 0.1) is 16.3 Å². The molecule has 1 saturated heterocycles. The number of nitrogens with one attached hydrogen (secondary N) is 1. The quantitative estimate of drug-likeness (QED) is 0.866. The number of para-hydroxylation sites is 1. The molecule has 4 heteroatoms. The molecule has 1 aromatic rings. The molecule has 0 amide bonds. The van der Waals surface area contributed by atoms with E-state index in [2.05, 4.69) is 16.3 Å². The van der Waals surface area contributed by atoms with Gasteiger partial charge < -0.3 is 15.3 Å². The second-order valence-corrected chi connectivity index (χ2v) is 5.35. The number of hydrogen-bond donors (Lipinski definition) is 2. The van der Waals surface area contributed by atoms with E-state index in [0.717, 1.165) is 30.2 Å². The minimum absolute atomic E-state index is 0.601. The van der Waals surface area contributed by atoms with Crippen molar-refractivity contribution in [1.29, 1.82) is 0 Å². The molecule has 0 aromatic heterocycles. The largest absolute Gasteiger partial charge is 0.388 e. The van der Waals surface area contributed by atoms with Crippen molar-refractivity contribution in [2.45, 2.75) is 25.5 Å². The van der Waals surface area contributed by atoms with E-state index in [9.17, 15) is 5.11 Å². The maximum atomic E-state index is 10.0. The van der Waals surface area contributed by atoms with Gasteiger partial charge in [0.25, 0.3) is 0 Å². The molecule has 2 rings (SSSR count). The number of anilines is 1. The monoisotopic (exact) mass is 254 g/mol. The first kappa shape index (κ1) is 12.7. The Morgan fingerprint density at radius 1 is 1.53 bits per heavy atom. The molecule has 3 nitrogen and oxygen atoms in total. The van der Waals surface area contributed by atoms with E-state index in [1.54, 1.807) is 0 Å². The number of benzene rings is 1. The Morgan fingerprint density at radius 3 is 2.88 bits per heavy atom. The summed E-state index contributed by atoms with van der Waals surface area (Å²) in [4.78, 5) is 2.18. The van der Waals surface area contributed by atoms with Crippen molar-refractivity contribution < 1.29 is 5.11 Å². The van der Waals surface area contributed by atoms with Crippen molar-refractivity contribution >= 4 is 17.3 Å². The molecular formula is C13H19ClN2O. The van der Waals surface area contributed by atoms with Crippen LogP contribution in [0.4, 0.5) is 5.69 Å². The molecule has 1 fully saturated rings. The summed E-state index contributed by atoms with van der Waals surface area (Å²) in [5, 5.41) is 13.9. The summed E-state index contributed by atoms with van der Waals surface area (Å²) in [5.41, 5.74) is 1.63.